The third kappa shape index (κ3) is 5.44. The summed E-state index contributed by atoms with van der Waals surface area (Å²) in [6.07, 6.45) is 0.899. The highest BCUT2D eigenvalue weighted by molar-refractivity contribution is 6.36. The van der Waals surface area contributed by atoms with Gasteiger partial charge in [-0.1, -0.05) is 23.2 Å². The summed E-state index contributed by atoms with van der Waals surface area (Å²) in [5.74, 6) is -0.723. The average molecular weight is 344 g/mol. The van der Waals surface area contributed by atoms with E-state index in [0.29, 0.717) is 23.4 Å². The Morgan fingerprint density at radius 2 is 2.00 bits per heavy atom. The van der Waals surface area contributed by atoms with Crippen LogP contribution in [0.4, 0.5) is 4.39 Å². The van der Waals surface area contributed by atoms with E-state index in [9.17, 15) is 9.18 Å². The van der Waals surface area contributed by atoms with Crippen molar-refractivity contribution < 1.29 is 9.18 Å². The second-order valence-electron chi connectivity index (χ2n) is 4.56. The Kier molecular flexibility index (Phi) is 8.44. The zero-order valence-electron chi connectivity index (χ0n) is 11.3. The highest BCUT2D eigenvalue weighted by atomic mass is 35.5. The molecule has 2 atom stereocenters. The number of rotatable bonds is 5. The first-order valence-corrected chi connectivity index (χ1v) is 6.76. The fourth-order valence-corrected chi connectivity index (χ4v) is 2.38. The first-order valence-electron chi connectivity index (χ1n) is 6.01. The molecule has 0 aliphatic carbocycles. The molecule has 0 saturated heterocycles. The quantitative estimate of drug-likeness (QED) is 0.798. The van der Waals surface area contributed by atoms with E-state index in [1.807, 2.05) is 6.92 Å². The molecule has 0 fully saturated rings. The van der Waals surface area contributed by atoms with E-state index in [0.717, 1.165) is 0 Å². The van der Waals surface area contributed by atoms with Crippen molar-refractivity contribution >= 4 is 41.5 Å². The lowest BCUT2D eigenvalue weighted by atomic mass is 10.1. The van der Waals surface area contributed by atoms with Gasteiger partial charge in [-0.15, -0.1) is 12.4 Å². The fourth-order valence-electron chi connectivity index (χ4n) is 1.68. The van der Waals surface area contributed by atoms with Gasteiger partial charge in [-0.3, -0.25) is 4.79 Å². The Labute approximate surface area is 134 Å². The van der Waals surface area contributed by atoms with Crippen LogP contribution in [0.5, 0.6) is 0 Å². The molecular weight excluding hydrogens is 326 g/mol. The molecule has 3 nitrogen and oxygen atoms in total. The first kappa shape index (κ1) is 19.4. The van der Waals surface area contributed by atoms with E-state index in [4.69, 9.17) is 28.9 Å². The van der Waals surface area contributed by atoms with Crippen molar-refractivity contribution in [3.8, 4) is 0 Å². The minimum Gasteiger partial charge on any atom is -0.349 e. The Bertz CT molecular complexity index is 469. The lowest BCUT2D eigenvalue weighted by Gasteiger charge is -2.18. The van der Waals surface area contributed by atoms with Gasteiger partial charge in [0, 0.05) is 23.0 Å². The van der Waals surface area contributed by atoms with Gasteiger partial charge in [-0.2, -0.15) is 0 Å². The predicted octanol–water partition coefficient (Wildman–Crippen LogP) is 3.86. The molecule has 1 rings (SSSR count). The smallest absolute Gasteiger partial charge is 0.220 e. The second-order valence-corrected chi connectivity index (χ2v) is 5.35. The summed E-state index contributed by atoms with van der Waals surface area (Å²) in [4.78, 5) is 11.7. The molecule has 0 bridgehead atoms. The van der Waals surface area contributed by atoms with E-state index in [1.165, 1.54) is 12.1 Å². The minimum absolute atomic E-state index is 0. The van der Waals surface area contributed by atoms with Gasteiger partial charge in [0.05, 0.1) is 11.1 Å². The molecule has 2 unspecified atom stereocenters. The van der Waals surface area contributed by atoms with E-state index in [-0.39, 0.29) is 29.4 Å². The maximum absolute atomic E-state index is 13.4. The first-order chi connectivity index (χ1) is 8.82. The highest BCUT2D eigenvalue weighted by Crippen LogP contribution is 2.32. The van der Waals surface area contributed by atoms with Crippen LogP contribution in [-0.2, 0) is 4.79 Å². The second kappa shape index (κ2) is 8.67. The normalized spacial score (nSPS) is 13.3. The molecule has 1 aromatic rings. The molecular formula is C13H18Cl3FN2O. The number of amides is 1. The predicted molar refractivity (Wildman–Crippen MR) is 83.1 cm³/mol. The van der Waals surface area contributed by atoms with Crippen molar-refractivity contribution in [1.29, 1.82) is 0 Å². The molecule has 0 saturated carbocycles. The van der Waals surface area contributed by atoms with Crippen LogP contribution in [0.25, 0.3) is 0 Å². The summed E-state index contributed by atoms with van der Waals surface area (Å²) in [5.41, 5.74) is 5.97. The third-order valence-corrected chi connectivity index (χ3v) is 3.43. The molecule has 0 aliphatic rings. The Morgan fingerprint density at radius 1 is 1.40 bits per heavy atom. The van der Waals surface area contributed by atoms with Gasteiger partial charge in [0.2, 0.25) is 5.91 Å². The number of benzene rings is 1. The lowest BCUT2D eigenvalue weighted by molar-refractivity contribution is -0.121. The van der Waals surface area contributed by atoms with Gasteiger partial charge in [-0.05, 0) is 32.4 Å². The fraction of sp³-hybridized carbons (Fsp3) is 0.462. The molecule has 0 radical (unpaired) electrons. The number of carbonyl (C=O) groups is 1. The number of carbonyl (C=O) groups excluding carboxylic acids is 1. The van der Waals surface area contributed by atoms with Crippen LogP contribution in [-0.4, -0.2) is 11.9 Å². The van der Waals surface area contributed by atoms with Gasteiger partial charge in [-0.25, -0.2) is 4.39 Å². The molecule has 0 aromatic heterocycles. The summed E-state index contributed by atoms with van der Waals surface area (Å²) in [7, 11) is 0. The Hall–Kier alpha value is -0.550. The lowest BCUT2D eigenvalue weighted by Crippen LogP contribution is -2.28. The summed E-state index contributed by atoms with van der Waals surface area (Å²) in [5, 5.41) is 2.99. The van der Waals surface area contributed by atoms with Gasteiger partial charge < -0.3 is 11.1 Å². The molecule has 0 aliphatic heterocycles. The van der Waals surface area contributed by atoms with Crippen LogP contribution in [0, 0.1) is 5.82 Å². The summed E-state index contributed by atoms with van der Waals surface area (Å²) in [6, 6.07) is 2.11. The van der Waals surface area contributed by atoms with Crippen LogP contribution < -0.4 is 11.1 Å². The van der Waals surface area contributed by atoms with Crippen molar-refractivity contribution in [2.24, 2.45) is 5.73 Å². The molecule has 1 amide bonds. The molecule has 3 N–H and O–H groups in total. The van der Waals surface area contributed by atoms with Gasteiger partial charge in [0.1, 0.15) is 5.82 Å². The van der Waals surface area contributed by atoms with Crippen molar-refractivity contribution in [2.75, 3.05) is 0 Å². The number of nitrogens with one attached hydrogen (secondary N) is 1. The van der Waals surface area contributed by atoms with E-state index < -0.39 is 11.9 Å². The maximum atomic E-state index is 13.4. The van der Waals surface area contributed by atoms with Crippen LogP contribution in [0.2, 0.25) is 10.0 Å². The molecule has 114 valence electrons. The Balaban J connectivity index is 0.00000361. The Morgan fingerprint density at radius 3 is 2.55 bits per heavy atom. The van der Waals surface area contributed by atoms with Crippen molar-refractivity contribution in [1.82, 2.24) is 5.32 Å². The van der Waals surface area contributed by atoms with Crippen molar-refractivity contribution in [3.05, 3.63) is 33.6 Å². The van der Waals surface area contributed by atoms with E-state index in [2.05, 4.69) is 5.32 Å². The van der Waals surface area contributed by atoms with Crippen LogP contribution in [0.1, 0.15) is 38.3 Å². The van der Waals surface area contributed by atoms with Gasteiger partial charge in [0.15, 0.2) is 0 Å². The minimum atomic E-state index is -0.558. The van der Waals surface area contributed by atoms with Crippen molar-refractivity contribution in [2.45, 2.75) is 38.8 Å². The standard InChI is InChI=1S/C13H17Cl2FN2O.ClH/c1-7(17)3-6-11(19)18-8(2)12-9(14)4-5-10(16)13(12)15;/h4-5,7-8H,3,6,17H2,1-2H3,(H,18,19);1H. The number of halogens is 4. The zero-order valence-corrected chi connectivity index (χ0v) is 13.6. The summed E-state index contributed by atoms with van der Waals surface area (Å²) >= 11 is 11.9. The van der Waals surface area contributed by atoms with E-state index in [1.54, 1.807) is 6.92 Å². The SMILES string of the molecule is CC(N)CCC(=O)NC(C)c1c(Cl)ccc(F)c1Cl.Cl. The molecule has 7 heteroatoms. The number of hydrogen-bond acceptors (Lipinski definition) is 2. The maximum Gasteiger partial charge on any atom is 0.220 e. The van der Waals surface area contributed by atoms with Crippen LogP contribution in [0.15, 0.2) is 12.1 Å². The molecule has 20 heavy (non-hydrogen) atoms. The number of nitrogens with two attached hydrogens (primary N) is 1. The topological polar surface area (TPSA) is 55.1 Å². The molecule has 0 spiro atoms. The monoisotopic (exact) mass is 342 g/mol. The van der Waals surface area contributed by atoms with Crippen LogP contribution in [0.3, 0.4) is 0 Å². The number of hydrogen-bond donors (Lipinski definition) is 2. The largest absolute Gasteiger partial charge is 0.349 e. The summed E-state index contributed by atoms with van der Waals surface area (Å²) < 4.78 is 13.4. The zero-order chi connectivity index (χ0) is 14.6. The van der Waals surface area contributed by atoms with Crippen molar-refractivity contribution in [3.63, 3.8) is 0 Å². The van der Waals surface area contributed by atoms with Gasteiger partial charge >= 0.3 is 0 Å². The highest BCUT2D eigenvalue weighted by Gasteiger charge is 2.18. The van der Waals surface area contributed by atoms with Gasteiger partial charge in [0.25, 0.3) is 0 Å². The average Bonchev–Trinajstić information content (AvgIpc) is 2.32. The third-order valence-electron chi connectivity index (χ3n) is 2.72. The van der Waals surface area contributed by atoms with Crippen LogP contribution >= 0.6 is 35.6 Å². The molecule has 0 heterocycles. The van der Waals surface area contributed by atoms with E-state index >= 15 is 0 Å². The summed E-state index contributed by atoms with van der Waals surface area (Å²) in [6.45, 7) is 3.54. The molecule has 1 aromatic carbocycles.